The lowest BCUT2D eigenvalue weighted by Crippen LogP contribution is -2.31. The van der Waals surface area contributed by atoms with E-state index in [4.69, 9.17) is 9.97 Å². The van der Waals surface area contributed by atoms with Crippen molar-refractivity contribution < 1.29 is 5.11 Å². The van der Waals surface area contributed by atoms with E-state index in [2.05, 4.69) is 68.2 Å². The van der Waals surface area contributed by atoms with Crippen LogP contribution in [0.4, 0.5) is 11.6 Å². The molecular formula is C22H30N4O. The van der Waals surface area contributed by atoms with Crippen molar-refractivity contribution in [1.82, 2.24) is 9.97 Å². The Morgan fingerprint density at radius 1 is 1.15 bits per heavy atom. The van der Waals surface area contributed by atoms with E-state index in [9.17, 15) is 5.11 Å². The Morgan fingerprint density at radius 2 is 1.89 bits per heavy atom. The molecule has 3 atom stereocenters. The van der Waals surface area contributed by atoms with E-state index in [1.165, 1.54) is 17.5 Å². The fourth-order valence-electron chi connectivity index (χ4n) is 4.34. The maximum Gasteiger partial charge on any atom is 0.135 e. The molecule has 5 nitrogen and oxygen atoms in total. The Balaban J connectivity index is 1.67. The largest absolute Gasteiger partial charge is 0.394 e. The number of rotatable bonds is 6. The highest BCUT2D eigenvalue weighted by molar-refractivity contribution is 5.57. The molecule has 0 amide bonds. The van der Waals surface area contributed by atoms with Gasteiger partial charge in [0.05, 0.1) is 18.7 Å². The van der Waals surface area contributed by atoms with Crippen LogP contribution in [0.3, 0.4) is 0 Å². The molecule has 1 saturated heterocycles. The maximum atomic E-state index is 9.70. The Hall–Kier alpha value is -2.14. The van der Waals surface area contributed by atoms with Gasteiger partial charge in [0, 0.05) is 24.4 Å². The van der Waals surface area contributed by atoms with E-state index in [0.29, 0.717) is 17.9 Å². The number of nitrogens with one attached hydrogen (secondary N) is 1. The number of aliphatic hydroxyl groups is 1. The Labute approximate surface area is 161 Å². The summed E-state index contributed by atoms with van der Waals surface area (Å²) in [6.45, 7) is 9.57. The van der Waals surface area contributed by atoms with E-state index < -0.39 is 0 Å². The molecule has 2 bridgehead atoms. The predicted molar refractivity (Wildman–Crippen MR) is 109 cm³/mol. The SMILES string of the molecule is CC(C)c1nc(N[C@@H](CO)C(C)C)cc(N2C[C@H]3C[C@H]2c2ccccc23)n1. The van der Waals surface area contributed by atoms with Gasteiger partial charge in [-0.2, -0.15) is 0 Å². The van der Waals surface area contributed by atoms with Crippen LogP contribution in [0.2, 0.25) is 0 Å². The number of fused-ring (bicyclic) bond motifs is 5. The average Bonchev–Trinajstić information content (AvgIpc) is 3.25. The van der Waals surface area contributed by atoms with E-state index >= 15 is 0 Å². The smallest absolute Gasteiger partial charge is 0.135 e. The van der Waals surface area contributed by atoms with Gasteiger partial charge in [-0.15, -0.1) is 0 Å². The molecule has 27 heavy (non-hydrogen) atoms. The highest BCUT2D eigenvalue weighted by atomic mass is 16.3. The third kappa shape index (κ3) is 3.29. The summed E-state index contributed by atoms with van der Waals surface area (Å²) >= 11 is 0. The molecule has 0 unspecified atom stereocenters. The Bertz CT molecular complexity index is 820. The Morgan fingerprint density at radius 3 is 2.56 bits per heavy atom. The quantitative estimate of drug-likeness (QED) is 0.807. The van der Waals surface area contributed by atoms with Gasteiger partial charge in [0.1, 0.15) is 17.5 Å². The second kappa shape index (κ2) is 7.12. The van der Waals surface area contributed by atoms with Crippen LogP contribution in [0.5, 0.6) is 0 Å². The van der Waals surface area contributed by atoms with Crippen LogP contribution >= 0.6 is 0 Å². The van der Waals surface area contributed by atoms with Gasteiger partial charge >= 0.3 is 0 Å². The summed E-state index contributed by atoms with van der Waals surface area (Å²) in [7, 11) is 0. The van der Waals surface area contributed by atoms with Crippen molar-refractivity contribution in [2.75, 3.05) is 23.4 Å². The molecule has 144 valence electrons. The summed E-state index contributed by atoms with van der Waals surface area (Å²) in [4.78, 5) is 12.1. The number of hydrogen-bond acceptors (Lipinski definition) is 5. The number of benzene rings is 1. The van der Waals surface area contributed by atoms with Crippen LogP contribution in [0, 0.1) is 5.92 Å². The molecule has 2 N–H and O–H groups in total. The first-order chi connectivity index (χ1) is 13.0. The van der Waals surface area contributed by atoms with Crippen LogP contribution in [0.15, 0.2) is 30.3 Å². The molecular weight excluding hydrogens is 336 g/mol. The van der Waals surface area contributed by atoms with Crippen molar-refractivity contribution in [3.05, 3.63) is 47.3 Å². The number of nitrogens with zero attached hydrogens (tertiary/aromatic N) is 3. The van der Waals surface area contributed by atoms with Crippen LogP contribution in [-0.2, 0) is 0 Å². The number of aromatic nitrogens is 2. The van der Waals surface area contributed by atoms with Crippen LogP contribution in [0.25, 0.3) is 0 Å². The fourth-order valence-corrected chi connectivity index (χ4v) is 4.34. The van der Waals surface area contributed by atoms with Gasteiger partial charge < -0.3 is 15.3 Å². The van der Waals surface area contributed by atoms with Gasteiger partial charge in [0.15, 0.2) is 0 Å². The van der Waals surface area contributed by atoms with Crippen molar-refractivity contribution in [2.24, 2.45) is 5.92 Å². The molecule has 1 aliphatic heterocycles. The molecule has 0 spiro atoms. The summed E-state index contributed by atoms with van der Waals surface area (Å²) in [5.41, 5.74) is 2.96. The Kier molecular flexibility index (Phi) is 4.81. The zero-order valence-electron chi connectivity index (χ0n) is 16.7. The molecule has 2 aliphatic rings. The van der Waals surface area contributed by atoms with E-state index in [0.717, 1.165) is 24.0 Å². The lowest BCUT2D eigenvalue weighted by atomic mass is 9.99. The van der Waals surface area contributed by atoms with Crippen molar-refractivity contribution in [3.63, 3.8) is 0 Å². The summed E-state index contributed by atoms with van der Waals surface area (Å²) < 4.78 is 0. The zero-order chi connectivity index (χ0) is 19.1. The third-order valence-electron chi connectivity index (χ3n) is 5.97. The molecule has 5 heteroatoms. The third-order valence-corrected chi connectivity index (χ3v) is 5.97. The monoisotopic (exact) mass is 366 g/mol. The minimum atomic E-state index is -0.0106. The molecule has 4 rings (SSSR count). The minimum absolute atomic E-state index is 0.0106. The fraction of sp³-hybridized carbons (Fsp3) is 0.545. The standard InChI is InChI=1S/C22H30N4O/c1-13(2)18(12-27)23-20-10-21(25-22(24-20)14(3)4)26-11-15-9-19(26)17-8-6-5-7-16(15)17/h5-8,10,13-15,18-19,27H,9,11-12H2,1-4H3,(H,23,24,25)/t15-,18+,19+/m1/s1. The van der Waals surface area contributed by atoms with Crippen LogP contribution in [0.1, 0.15) is 68.9 Å². The molecule has 0 saturated carbocycles. The lowest BCUT2D eigenvalue weighted by Gasteiger charge is -2.31. The van der Waals surface area contributed by atoms with E-state index in [-0.39, 0.29) is 18.6 Å². The first kappa shape index (κ1) is 18.2. The first-order valence-electron chi connectivity index (χ1n) is 10.1. The number of hydrogen-bond donors (Lipinski definition) is 2. The van der Waals surface area contributed by atoms with Gasteiger partial charge in [-0.3, -0.25) is 0 Å². The van der Waals surface area contributed by atoms with Crippen molar-refractivity contribution >= 4 is 11.6 Å². The minimum Gasteiger partial charge on any atom is -0.394 e. The second-order valence-corrected chi connectivity index (χ2v) is 8.53. The second-order valence-electron chi connectivity index (χ2n) is 8.53. The maximum absolute atomic E-state index is 9.70. The summed E-state index contributed by atoms with van der Waals surface area (Å²) in [6.07, 6.45) is 1.17. The van der Waals surface area contributed by atoms with Gasteiger partial charge in [0.2, 0.25) is 0 Å². The average molecular weight is 367 g/mol. The van der Waals surface area contributed by atoms with Crippen LogP contribution in [-0.4, -0.2) is 34.3 Å². The molecule has 1 aromatic carbocycles. The molecule has 2 aromatic rings. The molecule has 1 aromatic heterocycles. The van der Waals surface area contributed by atoms with Crippen molar-refractivity contribution in [3.8, 4) is 0 Å². The summed E-state index contributed by atoms with van der Waals surface area (Å²) in [5, 5.41) is 13.1. The molecule has 2 heterocycles. The predicted octanol–water partition coefficient (Wildman–Crippen LogP) is 4.08. The highest BCUT2D eigenvalue weighted by Gasteiger charge is 2.42. The van der Waals surface area contributed by atoms with Gasteiger partial charge in [-0.1, -0.05) is 52.0 Å². The summed E-state index contributed by atoms with van der Waals surface area (Å²) in [6, 6.07) is 11.3. The normalized spacial score (nSPS) is 21.8. The van der Waals surface area contributed by atoms with Crippen molar-refractivity contribution in [2.45, 2.75) is 58.0 Å². The van der Waals surface area contributed by atoms with Gasteiger partial charge in [-0.25, -0.2) is 9.97 Å². The van der Waals surface area contributed by atoms with Crippen molar-refractivity contribution in [1.29, 1.82) is 0 Å². The van der Waals surface area contributed by atoms with Crippen LogP contribution < -0.4 is 10.2 Å². The zero-order valence-corrected chi connectivity index (χ0v) is 16.7. The number of aliphatic hydroxyl groups excluding tert-OH is 1. The van der Waals surface area contributed by atoms with Gasteiger partial charge in [-0.05, 0) is 23.5 Å². The molecule has 0 radical (unpaired) electrons. The molecule has 1 aliphatic carbocycles. The summed E-state index contributed by atoms with van der Waals surface area (Å²) in [5.74, 6) is 3.84. The lowest BCUT2D eigenvalue weighted by molar-refractivity contribution is 0.249. The van der Waals surface area contributed by atoms with E-state index in [1.54, 1.807) is 0 Å². The van der Waals surface area contributed by atoms with Gasteiger partial charge in [0.25, 0.3) is 0 Å². The number of anilines is 2. The highest BCUT2D eigenvalue weighted by Crippen LogP contribution is 2.51. The molecule has 1 fully saturated rings. The van der Waals surface area contributed by atoms with E-state index in [1.807, 2.05) is 0 Å². The topological polar surface area (TPSA) is 61.3 Å². The first-order valence-corrected chi connectivity index (χ1v) is 10.1.